The Morgan fingerprint density at radius 3 is 2.71 bits per heavy atom. The zero-order valence-corrected chi connectivity index (χ0v) is 17.5. The van der Waals surface area contributed by atoms with Crippen molar-refractivity contribution in [1.82, 2.24) is 10.4 Å². The molecule has 0 fully saturated rings. The van der Waals surface area contributed by atoms with Crippen LogP contribution in [0.5, 0.6) is 0 Å². The summed E-state index contributed by atoms with van der Waals surface area (Å²) in [4.78, 5) is 17.3. The maximum Gasteiger partial charge on any atom is 0.243 e. The van der Waals surface area contributed by atoms with Gasteiger partial charge in [-0.2, -0.15) is 5.10 Å². The summed E-state index contributed by atoms with van der Waals surface area (Å²) in [6, 6.07) is 7.52. The quantitative estimate of drug-likeness (QED) is 0.547. The number of nitrogens with zero attached hydrogens (tertiary/aromatic N) is 2. The minimum atomic E-state index is -0.531. The van der Waals surface area contributed by atoms with E-state index in [1.54, 1.807) is 18.9 Å². The van der Waals surface area contributed by atoms with Gasteiger partial charge in [0.05, 0.1) is 11.7 Å². The maximum absolute atomic E-state index is 12.2. The van der Waals surface area contributed by atoms with Gasteiger partial charge < -0.3 is 21.0 Å². The summed E-state index contributed by atoms with van der Waals surface area (Å²) in [7, 11) is 3.57. The maximum atomic E-state index is 12.2. The summed E-state index contributed by atoms with van der Waals surface area (Å²) in [5.74, 6) is -0.112. The molecule has 1 aromatic carbocycles. The molecule has 1 aromatic heterocycles. The van der Waals surface area contributed by atoms with Crippen molar-refractivity contribution in [3.63, 3.8) is 0 Å². The number of hydrazone groups is 1. The van der Waals surface area contributed by atoms with E-state index in [4.69, 9.17) is 5.73 Å². The Kier molecular flexibility index (Phi) is 5.61. The number of nitrogens with two attached hydrogens (primary N) is 1. The van der Waals surface area contributed by atoms with Gasteiger partial charge in [0.15, 0.2) is 0 Å². The van der Waals surface area contributed by atoms with Gasteiger partial charge in [-0.25, -0.2) is 0 Å². The van der Waals surface area contributed by atoms with Gasteiger partial charge in [0.1, 0.15) is 5.71 Å². The number of anilines is 1. The van der Waals surface area contributed by atoms with Gasteiger partial charge in [-0.3, -0.25) is 4.79 Å². The monoisotopic (exact) mass is 381 g/mol. The van der Waals surface area contributed by atoms with Crippen molar-refractivity contribution in [2.24, 2.45) is 16.3 Å². The van der Waals surface area contributed by atoms with Crippen LogP contribution in [0.3, 0.4) is 0 Å². The van der Waals surface area contributed by atoms with E-state index in [1.165, 1.54) is 5.57 Å². The highest BCUT2D eigenvalue weighted by atomic mass is 16.2. The van der Waals surface area contributed by atoms with E-state index in [2.05, 4.69) is 41.5 Å². The highest BCUT2D eigenvalue weighted by Gasteiger charge is 2.25. The van der Waals surface area contributed by atoms with Crippen molar-refractivity contribution >= 4 is 28.2 Å². The Bertz CT molecular complexity index is 936. The van der Waals surface area contributed by atoms with Crippen LogP contribution in [0.25, 0.3) is 10.9 Å². The number of hydrogen-bond acceptors (Lipinski definition) is 4. The van der Waals surface area contributed by atoms with E-state index in [0.717, 1.165) is 47.3 Å². The molecule has 6 nitrogen and oxygen atoms in total. The van der Waals surface area contributed by atoms with Crippen LogP contribution in [0, 0.1) is 5.41 Å². The summed E-state index contributed by atoms with van der Waals surface area (Å²) in [6.45, 7) is 6.31. The predicted molar refractivity (Wildman–Crippen MR) is 117 cm³/mol. The first-order valence-electron chi connectivity index (χ1n) is 9.82. The van der Waals surface area contributed by atoms with Crippen LogP contribution in [-0.4, -0.2) is 36.7 Å². The third-order valence-electron chi connectivity index (χ3n) is 5.47. The largest absolute Gasteiger partial charge is 0.353 e. The summed E-state index contributed by atoms with van der Waals surface area (Å²) in [6.07, 6.45) is 5.53. The number of carbonyl (C=O) groups is 1. The number of carbonyl (C=O) groups excluding carboxylic acids is 1. The fraction of sp³-hybridized carbons (Fsp3) is 0.455. The van der Waals surface area contributed by atoms with Crippen LogP contribution in [-0.2, 0) is 4.79 Å². The molecule has 1 aliphatic carbocycles. The SMILES string of the molecule is CN/N=C(\C1=CCC(C)(C)CC1)c1cc2ccc(N(C)C(=O)C(C)N)cc2[nH]1. The zero-order valence-electron chi connectivity index (χ0n) is 17.5. The van der Waals surface area contributed by atoms with E-state index in [1.807, 2.05) is 25.2 Å². The van der Waals surface area contributed by atoms with Gasteiger partial charge in [0.2, 0.25) is 5.91 Å². The summed E-state index contributed by atoms with van der Waals surface area (Å²) in [5, 5.41) is 5.64. The molecule has 0 spiro atoms. The number of hydrogen-bond donors (Lipinski definition) is 3. The van der Waals surface area contributed by atoms with Crippen LogP contribution in [0.4, 0.5) is 5.69 Å². The second-order valence-electron chi connectivity index (χ2n) is 8.42. The smallest absolute Gasteiger partial charge is 0.243 e. The molecule has 0 saturated carbocycles. The van der Waals surface area contributed by atoms with Crippen molar-refractivity contribution in [2.75, 3.05) is 19.0 Å². The lowest BCUT2D eigenvalue weighted by molar-refractivity contribution is -0.119. The Morgan fingerprint density at radius 1 is 1.36 bits per heavy atom. The lowest BCUT2D eigenvalue weighted by Gasteiger charge is -2.28. The van der Waals surface area contributed by atoms with Crippen molar-refractivity contribution in [3.8, 4) is 0 Å². The average molecular weight is 382 g/mol. The molecule has 1 aliphatic rings. The van der Waals surface area contributed by atoms with Crippen molar-refractivity contribution in [2.45, 2.75) is 46.1 Å². The van der Waals surface area contributed by atoms with Crippen LogP contribution in [0.1, 0.15) is 45.7 Å². The number of nitrogens with one attached hydrogen (secondary N) is 2. The molecule has 2 aromatic rings. The van der Waals surface area contributed by atoms with Gasteiger partial charge in [-0.1, -0.05) is 26.0 Å². The molecular weight excluding hydrogens is 350 g/mol. The fourth-order valence-corrected chi connectivity index (χ4v) is 3.59. The van der Waals surface area contributed by atoms with Crippen LogP contribution >= 0.6 is 0 Å². The summed E-state index contributed by atoms with van der Waals surface area (Å²) < 4.78 is 0. The molecule has 1 atom stereocenters. The Morgan fingerprint density at radius 2 is 2.11 bits per heavy atom. The minimum absolute atomic E-state index is 0.112. The minimum Gasteiger partial charge on any atom is -0.353 e. The number of rotatable bonds is 5. The number of benzene rings is 1. The summed E-state index contributed by atoms with van der Waals surface area (Å²) >= 11 is 0. The zero-order chi connectivity index (χ0) is 20.5. The second-order valence-corrected chi connectivity index (χ2v) is 8.42. The second kappa shape index (κ2) is 7.80. The number of fused-ring (bicyclic) bond motifs is 1. The van der Waals surface area contributed by atoms with Crippen molar-refractivity contribution < 1.29 is 4.79 Å². The molecule has 1 amide bonds. The molecule has 28 heavy (non-hydrogen) atoms. The number of amides is 1. The van der Waals surface area contributed by atoms with E-state index in [9.17, 15) is 4.79 Å². The first kappa shape index (κ1) is 20.1. The molecule has 0 bridgehead atoms. The molecule has 0 saturated heterocycles. The van der Waals surface area contributed by atoms with E-state index >= 15 is 0 Å². The normalized spacial score (nSPS) is 17.9. The molecule has 1 heterocycles. The van der Waals surface area contributed by atoms with E-state index in [0.29, 0.717) is 5.41 Å². The van der Waals surface area contributed by atoms with E-state index in [-0.39, 0.29) is 5.91 Å². The first-order valence-corrected chi connectivity index (χ1v) is 9.82. The Labute approximate surface area is 166 Å². The fourth-order valence-electron chi connectivity index (χ4n) is 3.59. The lowest BCUT2D eigenvalue weighted by Crippen LogP contribution is -2.39. The molecule has 0 radical (unpaired) electrons. The van der Waals surface area contributed by atoms with Gasteiger partial charge in [0.25, 0.3) is 0 Å². The topological polar surface area (TPSA) is 86.5 Å². The standard InChI is InChI=1S/C22H31N5O/c1-14(23)21(28)27(5)17-7-6-16-12-19(25-18(16)13-17)20(26-24-4)15-8-10-22(2,3)11-9-15/h6-8,12-14,24-25H,9-11,23H2,1-5H3/b26-20+. The van der Waals surface area contributed by atoms with Crippen LogP contribution in [0.15, 0.2) is 41.0 Å². The highest BCUT2D eigenvalue weighted by molar-refractivity contribution is 6.13. The number of allylic oxidation sites excluding steroid dienone is 2. The van der Waals surface area contributed by atoms with Crippen molar-refractivity contribution in [1.29, 1.82) is 0 Å². The van der Waals surface area contributed by atoms with Crippen LogP contribution < -0.4 is 16.1 Å². The van der Waals surface area contributed by atoms with Crippen LogP contribution in [0.2, 0.25) is 0 Å². The number of likely N-dealkylation sites (N-methyl/N-ethyl adjacent to an activating group) is 1. The third-order valence-corrected chi connectivity index (χ3v) is 5.47. The first-order chi connectivity index (χ1) is 13.2. The lowest BCUT2D eigenvalue weighted by atomic mass is 9.77. The molecule has 150 valence electrons. The molecule has 4 N–H and O–H groups in total. The van der Waals surface area contributed by atoms with Gasteiger partial charge >= 0.3 is 0 Å². The average Bonchev–Trinajstić information content (AvgIpc) is 3.08. The molecule has 0 aliphatic heterocycles. The van der Waals surface area contributed by atoms with Gasteiger partial charge in [0, 0.05) is 30.7 Å². The Hall–Kier alpha value is -2.60. The van der Waals surface area contributed by atoms with Gasteiger partial charge in [-0.05, 0) is 55.4 Å². The number of aromatic nitrogens is 1. The summed E-state index contributed by atoms with van der Waals surface area (Å²) in [5.41, 5.74) is 14.0. The van der Waals surface area contributed by atoms with Gasteiger partial charge in [-0.15, -0.1) is 0 Å². The molecule has 3 rings (SSSR count). The molecule has 1 unspecified atom stereocenters. The molecular formula is C22H31N5O. The predicted octanol–water partition coefficient (Wildman–Crippen LogP) is 3.54. The number of aromatic amines is 1. The number of H-pyrrole nitrogens is 1. The third kappa shape index (κ3) is 4.12. The highest BCUT2D eigenvalue weighted by Crippen LogP contribution is 2.35. The van der Waals surface area contributed by atoms with E-state index < -0.39 is 6.04 Å². The molecule has 6 heteroatoms. The Balaban J connectivity index is 1.95. The van der Waals surface area contributed by atoms with Crippen molar-refractivity contribution in [3.05, 3.63) is 41.6 Å².